The van der Waals surface area contributed by atoms with Crippen LogP contribution in [0.5, 0.6) is 0 Å². The second-order valence-corrected chi connectivity index (χ2v) is 18.9. The predicted molar refractivity (Wildman–Crippen MR) is 310 cm³/mol. The minimum atomic E-state index is 0. The molecule has 0 radical (unpaired) electrons. The van der Waals surface area contributed by atoms with Crippen LogP contribution in [0.1, 0.15) is 99.4 Å². The Labute approximate surface area is 422 Å². The highest BCUT2D eigenvalue weighted by atomic mass is 14.4. The highest BCUT2D eigenvalue weighted by Crippen LogP contribution is 2.48. The Kier molecular flexibility index (Phi) is 18.1. The van der Waals surface area contributed by atoms with Gasteiger partial charge in [-0.3, -0.25) is 0 Å². The van der Waals surface area contributed by atoms with Crippen LogP contribution < -0.4 is 0 Å². The Morgan fingerprint density at radius 1 is 0.357 bits per heavy atom. The second-order valence-electron chi connectivity index (χ2n) is 18.9. The van der Waals surface area contributed by atoms with Gasteiger partial charge in [-0.05, 0) is 149 Å². The molecule has 0 heterocycles. The number of hydrogen-bond donors (Lipinski definition) is 0. The van der Waals surface area contributed by atoms with Crippen molar-refractivity contribution in [2.75, 3.05) is 0 Å². The normalized spacial score (nSPS) is 12.5. The highest BCUT2D eigenvalue weighted by molar-refractivity contribution is 5.99. The van der Waals surface area contributed by atoms with Crippen molar-refractivity contribution in [2.45, 2.75) is 94.9 Å². The molecule has 0 heteroatoms. The summed E-state index contributed by atoms with van der Waals surface area (Å²) >= 11 is 0. The van der Waals surface area contributed by atoms with E-state index in [0.717, 1.165) is 6.42 Å². The van der Waals surface area contributed by atoms with Gasteiger partial charge in [-0.15, -0.1) is 0 Å². The lowest BCUT2D eigenvalue weighted by atomic mass is 9.82. The Morgan fingerprint density at radius 3 is 1.53 bits per heavy atom. The standard InChI is InChI=1S/C31H28.C16H16.C13H12.C7H8.C2H6.CH4/c1-21-8-12-24(13-9-21)25-16-18-26(19-17-25)28-15-10-22(2)30(20-28)31-23(3)11-14-27-6-4-5-7-29(27)31;1-11-8-9-13-12-6-4-5-7-14(12)16(2,3)15(13)10-11;1-11-7-9-13(10-8-11)12-5-3-2-4-6-12;1-7-5-3-2-4-6-7;1-2;/h4-8,10-12,14-20H,9,13H2,1-3H3;4-10H,1-3H3;2-10H,1H3;2-6H,1H3;1-2H3;1H4. The van der Waals surface area contributed by atoms with E-state index in [1.165, 1.54) is 117 Å². The van der Waals surface area contributed by atoms with Crippen molar-refractivity contribution < 1.29 is 0 Å². The van der Waals surface area contributed by atoms with Gasteiger partial charge in [0.1, 0.15) is 0 Å². The van der Waals surface area contributed by atoms with Gasteiger partial charge in [0.25, 0.3) is 0 Å². The van der Waals surface area contributed by atoms with Gasteiger partial charge in [-0.1, -0.05) is 270 Å². The average molecular weight is 915 g/mol. The Bertz CT molecular complexity index is 3160. The maximum absolute atomic E-state index is 2.37. The summed E-state index contributed by atoms with van der Waals surface area (Å²) in [5, 5.41) is 2.62. The minimum absolute atomic E-state index is 0. The fourth-order valence-corrected chi connectivity index (χ4v) is 9.40. The maximum Gasteiger partial charge on any atom is 0.0158 e. The molecule has 2 aliphatic carbocycles. The second kappa shape index (κ2) is 24.3. The molecule has 0 saturated carbocycles. The summed E-state index contributed by atoms with van der Waals surface area (Å²) in [6.07, 6.45) is 6.84. The Hall–Kier alpha value is -7.28. The van der Waals surface area contributed by atoms with Crippen molar-refractivity contribution in [1.82, 2.24) is 0 Å². The van der Waals surface area contributed by atoms with Crippen LogP contribution in [-0.4, -0.2) is 0 Å². The van der Waals surface area contributed by atoms with E-state index in [2.05, 4.69) is 250 Å². The predicted octanol–water partition coefficient (Wildman–Crippen LogP) is 20.5. The van der Waals surface area contributed by atoms with Crippen LogP contribution >= 0.6 is 0 Å². The smallest absolute Gasteiger partial charge is 0.0158 e. The van der Waals surface area contributed by atoms with Crippen molar-refractivity contribution in [1.29, 1.82) is 0 Å². The summed E-state index contributed by atoms with van der Waals surface area (Å²) in [4.78, 5) is 0. The molecule has 9 aromatic rings. The van der Waals surface area contributed by atoms with E-state index in [1.807, 2.05) is 38.1 Å². The molecule has 9 aromatic carbocycles. The molecule has 2 aliphatic rings. The maximum atomic E-state index is 2.37. The zero-order valence-corrected chi connectivity index (χ0v) is 42.7. The zero-order chi connectivity index (χ0) is 48.9. The lowest BCUT2D eigenvalue weighted by molar-refractivity contribution is 0.660. The molecular formula is C70H74. The molecule has 70 heavy (non-hydrogen) atoms. The third-order valence-electron chi connectivity index (χ3n) is 13.4. The molecule has 0 amide bonds. The molecule has 11 rings (SSSR count). The van der Waals surface area contributed by atoms with Gasteiger partial charge in [0, 0.05) is 5.41 Å². The van der Waals surface area contributed by atoms with E-state index in [-0.39, 0.29) is 12.8 Å². The van der Waals surface area contributed by atoms with Crippen LogP contribution in [0.3, 0.4) is 0 Å². The van der Waals surface area contributed by atoms with Crippen molar-refractivity contribution in [3.63, 3.8) is 0 Å². The van der Waals surface area contributed by atoms with E-state index in [9.17, 15) is 0 Å². The first kappa shape index (κ1) is 52.1. The zero-order valence-electron chi connectivity index (χ0n) is 42.7. The van der Waals surface area contributed by atoms with E-state index < -0.39 is 0 Å². The molecule has 0 aromatic heterocycles. The van der Waals surface area contributed by atoms with Crippen LogP contribution in [0.25, 0.3) is 60.9 Å². The van der Waals surface area contributed by atoms with Crippen molar-refractivity contribution in [3.8, 4) is 44.5 Å². The molecule has 0 N–H and O–H groups in total. The lowest BCUT2D eigenvalue weighted by Gasteiger charge is -2.21. The fourth-order valence-electron chi connectivity index (χ4n) is 9.40. The number of allylic oxidation sites excluding steroid dienone is 4. The van der Waals surface area contributed by atoms with Gasteiger partial charge in [0.05, 0.1) is 0 Å². The van der Waals surface area contributed by atoms with Crippen LogP contribution in [0, 0.1) is 34.6 Å². The van der Waals surface area contributed by atoms with Crippen LogP contribution in [-0.2, 0) is 5.41 Å². The summed E-state index contributed by atoms with van der Waals surface area (Å²) in [6.45, 7) is 21.6. The van der Waals surface area contributed by atoms with Crippen LogP contribution in [0.4, 0.5) is 0 Å². The number of hydrogen-bond acceptors (Lipinski definition) is 0. The summed E-state index contributed by atoms with van der Waals surface area (Å²) in [5.74, 6) is 0. The quantitative estimate of drug-likeness (QED) is 0.165. The largest absolute Gasteiger partial charge is 0.0776 e. The molecule has 0 unspecified atom stereocenters. The van der Waals surface area contributed by atoms with Gasteiger partial charge >= 0.3 is 0 Å². The third kappa shape index (κ3) is 12.5. The number of aryl methyl sites for hydroxylation is 5. The number of rotatable bonds is 4. The highest BCUT2D eigenvalue weighted by Gasteiger charge is 2.34. The van der Waals surface area contributed by atoms with Gasteiger partial charge in [0.2, 0.25) is 0 Å². The van der Waals surface area contributed by atoms with Crippen molar-refractivity contribution >= 4 is 16.3 Å². The molecule has 0 fully saturated rings. The fraction of sp³-hybridized carbons (Fsp3) is 0.200. The first-order valence-electron chi connectivity index (χ1n) is 24.9. The molecular weight excluding hydrogens is 841 g/mol. The molecule has 0 spiro atoms. The first-order valence-corrected chi connectivity index (χ1v) is 24.9. The minimum Gasteiger partial charge on any atom is -0.0776 e. The Morgan fingerprint density at radius 2 is 0.871 bits per heavy atom. The van der Waals surface area contributed by atoms with E-state index in [4.69, 9.17) is 0 Å². The van der Waals surface area contributed by atoms with Gasteiger partial charge < -0.3 is 0 Å². The summed E-state index contributed by atoms with van der Waals surface area (Å²) in [5.41, 5.74) is 24.5. The topological polar surface area (TPSA) is 0 Å². The molecule has 0 aliphatic heterocycles. The summed E-state index contributed by atoms with van der Waals surface area (Å²) < 4.78 is 0. The summed E-state index contributed by atoms with van der Waals surface area (Å²) in [7, 11) is 0. The Balaban J connectivity index is 0.000000172. The van der Waals surface area contributed by atoms with Gasteiger partial charge in [-0.25, -0.2) is 0 Å². The van der Waals surface area contributed by atoms with Crippen molar-refractivity contribution in [3.05, 3.63) is 268 Å². The molecule has 0 bridgehead atoms. The van der Waals surface area contributed by atoms with Crippen LogP contribution in [0.15, 0.2) is 224 Å². The molecule has 0 saturated heterocycles. The van der Waals surface area contributed by atoms with Gasteiger partial charge in [-0.2, -0.15) is 0 Å². The average Bonchev–Trinajstić information content (AvgIpc) is 3.61. The molecule has 0 nitrogen and oxygen atoms in total. The van der Waals surface area contributed by atoms with E-state index in [0.29, 0.717) is 0 Å². The van der Waals surface area contributed by atoms with Crippen LogP contribution in [0.2, 0.25) is 0 Å². The lowest BCUT2D eigenvalue weighted by Crippen LogP contribution is -2.14. The third-order valence-corrected chi connectivity index (χ3v) is 13.4. The number of fused-ring (bicyclic) bond motifs is 4. The number of benzene rings is 9. The summed E-state index contributed by atoms with van der Waals surface area (Å²) in [6, 6.07) is 74.0. The van der Waals surface area contributed by atoms with Crippen molar-refractivity contribution in [2.24, 2.45) is 0 Å². The van der Waals surface area contributed by atoms with Gasteiger partial charge in [0.15, 0.2) is 0 Å². The first-order chi connectivity index (χ1) is 33.5. The molecule has 354 valence electrons. The monoisotopic (exact) mass is 915 g/mol. The molecule has 0 atom stereocenters. The van der Waals surface area contributed by atoms with E-state index in [1.54, 1.807) is 0 Å². The SMILES string of the molecule is C.CC.CC1=CC=C(c2ccc(-c3ccc(C)c(-c4c(C)ccc5ccccc45)c3)cc2)CC1.Cc1ccc(-c2ccccc2)cc1.Cc1ccc2c(c1)C(C)(C)c1ccccc1-2.Cc1ccccc1. The van der Waals surface area contributed by atoms with E-state index >= 15 is 0 Å².